The SMILES string of the molecule is O=C(NCc1ccc(F)cc1)c1ccnc(NCc2ccco2)n1. The van der Waals surface area contributed by atoms with Crippen LogP contribution in [0.3, 0.4) is 0 Å². The first-order valence-corrected chi connectivity index (χ1v) is 7.32. The molecule has 1 aromatic carbocycles. The molecule has 0 saturated carbocycles. The van der Waals surface area contributed by atoms with E-state index in [1.54, 1.807) is 24.5 Å². The van der Waals surface area contributed by atoms with Gasteiger partial charge in [-0.1, -0.05) is 12.1 Å². The van der Waals surface area contributed by atoms with Gasteiger partial charge in [0.05, 0.1) is 12.8 Å². The summed E-state index contributed by atoms with van der Waals surface area (Å²) in [6.07, 6.45) is 3.08. The Hall–Kier alpha value is -3.22. The molecule has 3 aromatic rings. The van der Waals surface area contributed by atoms with E-state index in [4.69, 9.17) is 4.42 Å². The minimum atomic E-state index is -0.331. The van der Waals surface area contributed by atoms with Gasteiger partial charge in [0.25, 0.3) is 5.91 Å². The molecule has 0 bridgehead atoms. The van der Waals surface area contributed by atoms with Gasteiger partial charge in [0.2, 0.25) is 5.95 Å². The van der Waals surface area contributed by atoms with Gasteiger partial charge in [-0.25, -0.2) is 14.4 Å². The highest BCUT2D eigenvalue weighted by Gasteiger charge is 2.09. The number of rotatable bonds is 6. The van der Waals surface area contributed by atoms with Gasteiger partial charge in [0.1, 0.15) is 17.3 Å². The molecule has 0 aliphatic heterocycles. The molecule has 6 nitrogen and oxygen atoms in total. The molecule has 0 aliphatic carbocycles. The number of carbonyl (C=O) groups is 1. The lowest BCUT2D eigenvalue weighted by molar-refractivity contribution is 0.0946. The first-order chi connectivity index (χ1) is 11.7. The molecular weight excluding hydrogens is 311 g/mol. The van der Waals surface area contributed by atoms with E-state index in [9.17, 15) is 9.18 Å². The number of nitrogens with one attached hydrogen (secondary N) is 2. The van der Waals surface area contributed by atoms with Crippen molar-refractivity contribution in [2.24, 2.45) is 0 Å². The number of nitrogens with zero attached hydrogens (tertiary/aromatic N) is 2. The van der Waals surface area contributed by atoms with Crippen LogP contribution in [0.5, 0.6) is 0 Å². The van der Waals surface area contributed by atoms with E-state index < -0.39 is 0 Å². The van der Waals surface area contributed by atoms with Crippen LogP contribution in [-0.4, -0.2) is 15.9 Å². The summed E-state index contributed by atoms with van der Waals surface area (Å²) < 4.78 is 18.1. The van der Waals surface area contributed by atoms with Crippen LogP contribution in [0.1, 0.15) is 21.8 Å². The smallest absolute Gasteiger partial charge is 0.270 e. The molecule has 2 heterocycles. The fourth-order valence-electron chi connectivity index (χ4n) is 2.02. The number of amides is 1. The summed E-state index contributed by atoms with van der Waals surface area (Å²) in [7, 11) is 0. The Morgan fingerprint density at radius 2 is 1.96 bits per heavy atom. The Morgan fingerprint density at radius 1 is 1.12 bits per heavy atom. The summed E-state index contributed by atoms with van der Waals surface area (Å²) in [6.45, 7) is 0.714. The number of furan rings is 1. The maximum Gasteiger partial charge on any atom is 0.270 e. The molecule has 122 valence electrons. The van der Waals surface area contributed by atoms with E-state index >= 15 is 0 Å². The van der Waals surface area contributed by atoms with Crippen molar-refractivity contribution in [1.82, 2.24) is 15.3 Å². The number of carbonyl (C=O) groups excluding carboxylic acids is 1. The van der Waals surface area contributed by atoms with Crippen LogP contribution in [0.15, 0.2) is 59.3 Å². The van der Waals surface area contributed by atoms with Crippen molar-refractivity contribution in [1.29, 1.82) is 0 Å². The first-order valence-electron chi connectivity index (χ1n) is 7.32. The van der Waals surface area contributed by atoms with E-state index in [0.29, 0.717) is 12.5 Å². The van der Waals surface area contributed by atoms with Gasteiger partial charge in [0, 0.05) is 12.7 Å². The highest BCUT2D eigenvalue weighted by Crippen LogP contribution is 2.06. The van der Waals surface area contributed by atoms with E-state index in [-0.39, 0.29) is 24.0 Å². The number of aromatic nitrogens is 2. The zero-order chi connectivity index (χ0) is 16.8. The molecule has 2 aromatic heterocycles. The summed E-state index contributed by atoms with van der Waals surface area (Å²) in [5.74, 6) is 0.432. The molecule has 0 radical (unpaired) electrons. The van der Waals surface area contributed by atoms with E-state index in [2.05, 4.69) is 20.6 Å². The molecule has 0 aliphatic rings. The fraction of sp³-hybridized carbons (Fsp3) is 0.118. The van der Waals surface area contributed by atoms with Gasteiger partial charge < -0.3 is 15.1 Å². The number of halogens is 1. The predicted molar refractivity (Wildman–Crippen MR) is 85.6 cm³/mol. The largest absolute Gasteiger partial charge is 0.467 e. The van der Waals surface area contributed by atoms with Crippen LogP contribution in [0, 0.1) is 5.82 Å². The van der Waals surface area contributed by atoms with Crippen molar-refractivity contribution in [2.75, 3.05) is 5.32 Å². The first kappa shape index (κ1) is 15.7. The number of benzene rings is 1. The summed E-state index contributed by atoms with van der Waals surface area (Å²) in [5, 5.41) is 5.72. The Bertz CT molecular complexity index is 804. The average molecular weight is 326 g/mol. The van der Waals surface area contributed by atoms with Crippen molar-refractivity contribution >= 4 is 11.9 Å². The van der Waals surface area contributed by atoms with Gasteiger partial charge in [0.15, 0.2) is 0 Å². The highest BCUT2D eigenvalue weighted by molar-refractivity contribution is 5.92. The maximum atomic E-state index is 12.9. The van der Waals surface area contributed by atoms with Gasteiger partial charge in [-0.15, -0.1) is 0 Å². The fourth-order valence-corrected chi connectivity index (χ4v) is 2.02. The lowest BCUT2D eigenvalue weighted by Crippen LogP contribution is -2.24. The van der Waals surface area contributed by atoms with Crippen molar-refractivity contribution in [3.8, 4) is 0 Å². The van der Waals surface area contributed by atoms with E-state index in [1.807, 2.05) is 6.07 Å². The van der Waals surface area contributed by atoms with E-state index in [0.717, 1.165) is 11.3 Å². The summed E-state index contributed by atoms with van der Waals surface area (Å²) in [5.41, 5.74) is 1.05. The second-order valence-electron chi connectivity index (χ2n) is 5.01. The minimum absolute atomic E-state index is 0.244. The topological polar surface area (TPSA) is 80.0 Å². The van der Waals surface area contributed by atoms with Crippen LogP contribution in [0.4, 0.5) is 10.3 Å². The minimum Gasteiger partial charge on any atom is -0.467 e. The molecule has 2 N–H and O–H groups in total. The molecule has 3 rings (SSSR count). The Kier molecular flexibility index (Phi) is 4.81. The molecule has 7 heteroatoms. The van der Waals surface area contributed by atoms with Crippen molar-refractivity contribution < 1.29 is 13.6 Å². The predicted octanol–water partition coefficient (Wildman–Crippen LogP) is 2.75. The second-order valence-corrected chi connectivity index (χ2v) is 5.01. The third-order valence-electron chi connectivity index (χ3n) is 3.26. The lowest BCUT2D eigenvalue weighted by atomic mass is 10.2. The molecular formula is C17H15FN4O2. The summed E-state index contributed by atoms with van der Waals surface area (Å²) in [4.78, 5) is 20.4. The Morgan fingerprint density at radius 3 is 2.71 bits per heavy atom. The molecule has 0 atom stereocenters. The van der Waals surface area contributed by atoms with Gasteiger partial charge >= 0.3 is 0 Å². The normalized spacial score (nSPS) is 10.4. The van der Waals surface area contributed by atoms with Gasteiger partial charge in [-0.05, 0) is 35.9 Å². The third-order valence-corrected chi connectivity index (χ3v) is 3.26. The molecule has 1 amide bonds. The summed E-state index contributed by atoms with van der Waals surface area (Å²) in [6, 6.07) is 11.1. The lowest BCUT2D eigenvalue weighted by Gasteiger charge is -2.07. The second kappa shape index (κ2) is 7.36. The Labute approximate surface area is 137 Å². The van der Waals surface area contributed by atoms with Crippen LogP contribution >= 0.6 is 0 Å². The third kappa shape index (κ3) is 4.16. The van der Waals surface area contributed by atoms with Gasteiger partial charge in [-0.3, -0.25) is 4.79 Å². The van der Waals surface area contributed by atoms with Crippen molar-refractivity contribution in [3.05, 3.63) is 77.8 Å². The van der Waals surface area contributed by atoms with Gasteiger partial charge in [-0.2, -0.15) is 0 Å². The molecule has 0 spiro atoms. The average Bonchev–Trinajstić information content (AvgIpc) is 3.13. The van der Waals surface area contributed by atoms with Crippen LogP contribution in [0.25, 0.3) is 0 Å². The highest BCUT2D eigenvalue weighted by atomic mass is 19.1. The maximum absolute atomic E-state index is 12.9. The standard InChI is InChI=1S/C17H15FN4O2/c18-13-5-3-12(4-6-13)10-20-16(23)15-7-8-19-17(22-15)21-11-14-2-1-9-24-14/h1-9H,10-11H2,(H,20,23)(H,19,21,22). The quantitative estimate of drug-likeness (QED) is 0.728. The molecule has 24 heavy (non-hydrogen) atoms. The van der Waals surface area contributed by atoms with Crippen molar-refractivity contribution in [3.63, 3.8) is 0 Å². The summed E-state index contributed by atoms with van der Waals surface area (Å²) >= 11 is 0. The van der Waals surface area contributed by atoms with Crippen LogP contribution < -0.4 is 10.6 Å². The van der Waals surface area contributed by atoms with E-state index in [1.165, 1.54) is 24.4 Å². The zero-order valence-corrected chi connectivity index (χ0v) is 12.7. The monoisotopic (exact) mass is 326 g/mol. The number of hydrogen-bond acceptors (Lipinski definition) is 5. The number of hydrogen-bond donors (Lipinski definition) is 2. The van der Waals surface area contributed by atoms with Crippen molar-refractivity contribution in [2.45, 2.75) is 13.1 Å². The molecule has 0 unspecified atom stereocenters. The number of anilines is 1. The Balaban J connectivity index is 1.58. The molecule has 0 fully saturated rings. The zero-order valence-electron chi connectivity index (χ0n) is 12.7. The molecule has 0 saturated heterocycles. The van der Waals surface area contributed by atoms with Crippen LogP contribution in [-0.2, 0) is 13.1 Å². The van der Waals surface area contributed by atoms with Crippen LogP contribution in [0.2, 0.25) is 0 Å².